The Labute approximate surface area is 159 Å². The number of anilines is 1. The van der Waals surface area contributed by atoms with Crippen LogP contribution in [0.3, 0.4) is 0 Å². The quantitative estimate of drug-likeness (QED) is 0.847. The van der Waals surface area contributed by atoms with Crippen molar-refractivity contribution in [2.45, 2.75) is 19.8 Å². The van der Waals surface area contributed by atoms with Gasteiger partial charge in [0.2, 0.25) is 5.91 Å². The number of nitrogens with zero attached hydrogens (tertiary/aromatic N) is 3. The summed E-state index contributed by atoms with van der Waals surface area (Å²) in [5.41, 5.74) is 1.53. The molecular formula is C19H26N4O4. The summed E-state index contributed by atoms with van der Waals surface area (Å²) >= 11 is 0. The molecule has 3 rings (SSSR count). The SMILES string of the molecule is CCCNC(=O)N1CCN(C(=O)Cc2ccc3c(c2)N(C)C(=O)CO3)CC1. The Hall–Kier alpha value is -2.77. The number of amides is 4. The zero-order valence-electron chi connectivity index (χ0n) is 15.9. The van der Waals surface area contributed by atoms with Crippen LogP contribution in [0.15, 0.2) is 18.2 Å². The van der Waals surface area contributed by atoms with E-state index >= 15 is 0 Å². The summed E-state index contributed by atoms with van der Waals surface area (Å²) in [6, 6.07) is 5.43. The summed E-state index contributed by atoms with van der Waals surface area (Å²) in [4.78, 5) is 41.5. The molecule has 1 aromatic rings. The number of carbonyl (C=O) groups excluding carboxylic acids is 3. The zero-order valence-corrected chi connectivity index (χ0v) is 15.9. The molecular weight excluding hydrogens is 348 g/mol. The number of carbonyl (C=O) groups is 3. The van der Waals surface area contributed by atoms with Gasteiger partial charge in [0.15, 0.2) is 6.61 Å². The summed E-state index contributed by atoms with van der Waals surface area (Å²) in [7, 11) is 1.71. The van der Waals surface area contributed by atoms with Gasteiger partial charge in [-0.15, -0.1) is 0 Å². The summed E-state index contributed by atoms with van der Waals surface area (Å²) in [5, 5.41) is 2.86. The molecule has 0 spiro atoms. The van der Waals surface area contributed by atoms with Crippen molar-refractivity contribution < 1.29 is 19.1 Å². The van der Waals surface area contributed by atoms with E-state index in [1.165, 1.54) is 0 Å². The van der Waals surface area contributed by atoms with E-state index in [1.54, 1.807) is 27.8 Å². The van der Waals surface area contributed by atoms with Gasteiger partial charge in [-0.25, -0.2) is 4.79 Å². The van der Waals surface area contributed by atoms with Gasteiger partial charge in [-0.3, -0.25) is 9.59 Å². The average Bonchev–Trinajstić information content (AvgIpc) is 2.69. The summed E-state index contributed by atoms with van der Waals surface area (Å²) in [5.74, 6) is 0.567. The van der Waals surface area contributed by atoms with Crippen LogP contribution in [0.1, 0.15) is 18.9 Å². The number of hydrogen-bond acceptors (Lipinski definition) is 4. The van der Waals surface area contributed by atoms with E-state index in [-0.39, 0.29) is 30.9 Å². The molecule has 0 radical (unpaired) electrons. The minimum atomic E-state index is -0.108. The lowest BCUT2D eigenvalue weighted by Crippen LogP contribution is -2.53. The predicted molar refractivity (Wildman–Crippen MR) is 101 cm³/mol. The number of piperazine rings is 1. The van der Waals surface area contributed by atoms with Crippen LogP contribution in [0.4, 0.5) is 10.5 Å². The highest BCUT2D eigenvalue weighted by molar-refractivity contribution is 5.97. The van der Waals surface area contributed by atoms with E-state index < -0.39 is 0 Å². The molecule has 0 bridgehead atoms. The zero-order chi connectivity index (χ0) is 19.4. The standard InChI is InChI=1S/C19H26N4O4/c1-3-6-20-19(26)23-9-7-22(8-10-23)17(24)12-14-4-5-16-15(11-14)21(2)18(25)13-27-16/h4-5,11H,3,6-10,12-13H2,1-2H3,(H,20,26). The van der Waals surface area contributed by atoms with Crippen LogP contribution in [-0.2, 0) is 16.0 Å². The Morgan fingerprint density at radius 3 is 2.56 bits per heavy atom. The van der Waals surface area contributed by atoms with Gasteiger partial charge in [0.25, 0.3) is 5.91 Å². The van der Waals surface area contributed by atoms with Gasteiger partial charge in [-0.1, -0.05) is 13.0 Å². The van der Waals surface area contributed by atoms with Crippen molar-refractivity contribution in [3.8, 4) is 5.75 Å². The van der Waals surface area contributed by atoms with Crippen LogP contribution >= 0.6 is 0 Å². The second kappa shape index (κ2) is 8.28. The second-order valence-corrected chi connectivity index (χ2v) is 6.82. The molecule has 0 aromatic heterocycles. The van der Waals surface area contributed by atoms with Gasteiger partial charge < -0.3 is 24.8 Å². The van der Waals surface area contributed by atoms with Gasteiger partial charge in [0, 0.05) is 39.8 Å². The molecule has 8 nitrogen and oxygen atoms in total. The largest absolute Gasteiger partial charge is 0.482 e. The van der Waals surface area contributed by atoms with Crippen molar-refractivity contribution in [2.24, 2.45) is 0 Å². The minimum absolute atomic E-state index is 0.0225. The first-order valence-electron chi connectivity index (χ1n) is 9.32. The Balaban J connectivity index is 1.56. The van der Waals surface area contributed by atoms with Crippen molar-refractivity contribution in [3.05, 3.63) is 23.8 Å². The Morgan fingerprint density at radius 2 is 1.85 bits per heavy atom. The van der Waals surface area contributed by atoms with E-state index in [2.05, 4.69) is 5.32 Å². The summed E-state index contributed by atoms with van der Waals surface area (Å²) < 4.78 is 5.41. The van der Waals surface area contributed by atoms with Crippen LogP contribution in [-0.4, -0.2) is 74.0 Å². The van der Waals surface area contributed by atoms with Gasteiger partial charge in [0.05, 0.1) is 12.1 Å². The predicted octanol–water partition coefficient (Wildman–Crippen LogP) is 0.848. The average molecular weight is 374 g/mol. The van der Waals surface area contributed by atoms with Gasteiger partial charge >= 0.3 is 6.03 Å². The third-order valence-corrected chi connectivity index (χ3v) is 4.91. The second-order valence-electron chi connectivity index (χ2n) is 6.82. The van der Waals surface area contributed by atoms with E-state index in [0.717, 1.165) is 12.0 Å². The molecule has 0 unspecified atom stereocenters. The molecule has 146 valence electrons. The lowest BCUT2D eigenvalue weighted by Gasteiger charge is -2.35. The van der Waals surface area contributed by atoms with E-state index in [0.29, 0.717) is 44.2 Å². The first kappa shape index (κ1) is 19.0. The molecule has 1 fully saturated rings. The molecule has 27 heavy (non-hydrogen) atoms. The fourth-order valence-corrected chi connectivity index (χ4v) is 3.22. The lowest BCUT2D eigenvalue weighted by molar-refractivity contribution is -0.131. The smallest absolute Gasteiger partial charge is 0.317 e. The topological polar surface area (TPSA) is 82.2 Å². The van der Waals surface area contributed by atoms with E-state index in [9.17, 15) is 14.4 Å². The molecule has 8 heteroatoms. The van der Waals surface area contributed by atoms with Crippen LogP contribution in [0.2, 0.25) is 0 Å². The van der Waals surface area contributed by atoms with Crippen LogP contribution in [0.25, 0.3) is 0 Å². The minimum Gasteiger partial charge on any atom is -0.482 e. The third kappa shape index (κ3) is 4.32. The van der Waals surface area contributed by atoms with Crippen molar-refractivity contribution in [1.82, 2.24) is 15.1 Å². The van der Waals surface area contributed by atoms with Crippen molar-refractivity contribution in [3.63, 3.8) is 0 Å². The fraction of sp³-hybridized carbons (Fsp3) is 0.526. The Bertz CT molecular complexity index is 728. The van der Waals surface area contributed by atoms with E-state index in [1.807, 2.05) is 19.1 Å². The molecule has 1 saturated heterocycles. The molecule has 0 aliphatic carbocycles. The molecule has 0 atom stereocenters. The molecule has 0 saturated carbocycles. The van der Waals surface area contributed by atoms with E-state index in [4.69, 9.17) is 4.74 Å². The van der Waals surface area contributed by atoms with Gasteiger partial charge in [0.1, 0.15) is 5.75 Å². The highest BCUT2D eigenvalue weighted by atomic mass is 16.5. The van der Waals surface area contributed by atoms with Crippen LogP contribution in [0.5, 0.6) is 5.75 Å². The van der Waals surface area contributed by atoms with Crippen LogP contribution < -0.4 is 15.0 Å². The molecule has 2 aliphatic rings. The number of fused-ring (bicyclic) bond motifs is 1. The third-order valence-electron chi connectivity index (χ3n) is 4.91. The number of urea groups is 1. The summed E-state index contributed by atoms with van der Waals surface area (Å²) in [6.45, 7) is 4.86. The van der Waals surface area contributed by atoms with Gasteiger partial charge in [-0.2, -0.15) is 0 Å². The first-order valence-corrected chi connectivity index (χ1v) is 9.32. The molecule has 2 heterocycles. The monoisotopic (exact) mass is 374 g/mol. The van der Waals surface area contributed by atoms with Gasteiger partial charge in [-0.05, 0) is 24.1 Å². The van der Waals surface area contributed by atoms with Crippen molar-refractivity contribution >= 4 is 23.5 Å². The van der Waals surface area contributed by atoms with Crippen molar-refractivity contribution in [2.75, 3.05) is 51.3 Å². The number of hydrogen-bond donors (Lipinski definition) is 1. The number of ether oxygens (including phenoxy) is 1. The Morgan fingerprint density at radius 1 is 1.15 bits per heavy atom. The molecule has 4 amide bonds. The first-order chi connectivity index (χ1) is 13.0. The number of benzene rings is 1. The maximum atomic E-state index is 12.6. The maximum Gasteiger partial charge on any atom is 0.317 e. The highest BCUT2D eigenvalue weighted by Crippen LogP contribution is 2.32. The molecule has 1 aromatic carbocycles. The lowest BCUT2D eigenvalue weighted by atomic mass is 10.1. The molecule has 1 N–H and O–H groups in total. The number of nitrogens with one attached hydrogen (secondary N) is 1. The summed E-state index contributed by atoms with van der Waals surface area (Å²) in [6.07, 6.45) is 1.16. The fourth-order valence-electron chi connectivity index (χ4n) is 3.22. The Kier molecular flexibility index (Phi) is 5.83. The highest BCUT2D eigenvalue weighted by Gasteiger charge is 2.25. The molecule has 2 aliphatic heterocycles. The number of rotatable bonds is 4. The normalized spacial score (nSPS) is 16.7. The maximum absolute atomic E-state index is 12.6. The van der Waals surface area contributed by atoms with Crippen molar-refractivity contribution in [1.29, 1.82) is 0 Å². The number of likely N-dealkylation sites (N-methyl/N-ethyl adjacent to an activating group) is 1. The van der Waals surface area contributed by atoms with Crippen LogP contribution in [0, 0.1) is 0 Å².